The molecule has 0 bridgehead atoms. The molecule has 1 aliphatic rings. The van der Waals surface area contributed by atoms with E-state index in [0.29, 0.717) is 24.5 Å². The zero-order valence-corrected chi connectivity index (χ0v) is 13.0. The number of hydrogen-bond acceptors (Lipinski definition) is 3. The maximum Gasteiger partial charge on any atom is 0.234 e. The molecule has 1 saturated heterocycles. The van der Waals surface area contributed by atoms with Crippen LogP contribution in [0.25, 0.3) is 0 Å². The number of nitrogens with zero attached hydrogens (tertiary/aromatic N) is 1. The number of likely N-dealkylation sites (tertiary alicyclic amines) is 1. The van der Waals surface area contributed by atoms with E-state index in [9.17, 15) is 4.79 Å². The lowest BCUT2D eigenvalue weighted by atomic mass is 10.1. The van der Waals surface area contributed by atoms with E-state index in [1.165, 1.54) is 19.5 Å². The fourth-order valence-corrected chi connectivity index (χ4v) is 2.66. The van der Waals surface area contributed by atoms with Gasteiger partial charge in [0.25, 0.3) is 0 Å². The second-order valence-corrected chi connectivity index (χ2v) is 5.96. The predicted octanol–water partition coefficient (Wildman–Crippen LogP) is 1.61. The Morgan fingerprint density at radius 2 is 2.00 bits per heavy atom. The largest absolute Gasteiger partial charge is 0.352 e. The van der Waals surface area contributed by atoms with Crippen LogP contribution in [0.4, 0.5) is 0 Å². The Kier molecular flexibility index (Phi) is 7.39. The Balaban J connectivity index is 2.12. The molecule has 0 saturated carbocycles. The summed E-state index contributed by atoms with van der Waals surface area (Å²) in [6.45, 7) is 12.5. The van der Waals surface area contributed by atoms with Crippen LogP contribution in [-0.2, 0) is 4.79 Å². The molecule has 1 heterocycles. The number of carbonyl (C=O) groups is 1. The summed E-state index contributed by atoms with van der Waals surface area (Å²) in [5.74, 6) is 0.829. The van der Waals surface area contributed by atoms with Gasteiger partial charge in [0.05, 0.1) is 6.54 Å². The van der Waals surface area contributed by atoms with Crippen LogP contribution in [-0.4, -0.2) is 49.1 Å². The lowest BCUT2D eigenvalue weighted by Crippen LogP contribution is -2.41. The summed E-state index contributed by atoms with van der Waals surface area (Å²) in [5.41, 5.74) is 0. The van der Waals surface area contributed by atoms with Gasteiger partial charge < -0.3 is 15.5 Å². The van der Waals surface area contributed by atoms with Crippen LogP contribution in [0.15, 0.2) is 0 Å². The van der Waals surface area contributed by atoms with Crippen molar-refractivity contribution in [2.75, 3.05) is 26.2 Å². The molecule has 0 aliphatic carbocycles. The summed E-state index contributed by atoms with van der Waals surface area (Å²) in [6.07, 6.45) is 3.27. The van der Waals surface area contributed by atoms with Crippen molar-refractivity contribution < 1.29 is 4.79 Å². The highest BCUT2D eigenvalue weighted by Gasteiger charge is 2.23. The molecule has 0 radical (unpaired) electrons. The minimum atomic E-state index is 0.132. The van der Waals surface area contributed by atoms with E-state index in [4.69, 9.17) is 0 Å². The van der Waals surface area contributed by atoms with Crippen molar-refractivity contribution in [3.05, 3.63) is 0 Å². The molecule has 4 heteroatoms. The average Bonchev–Trinajstić information content (AvgIpc) is 2.85. The van der Waals surface area contributed by atoms with Crippen molar-refractivity contribution in [2.45, 2.75) is 59.0 Å². The summed E-state index contributed by atoms with van der Waals surface area (Å²) < 4.78 is 0. The molecular weight excluding hydrogens is 238 g/mol. The third kappa shape index (κ3) is 5.91. The van der Waals surface area contributed by atoms with Gasteiger partial charge in [0.15, 0.2) is 0 Å². The van der Waals surface area contributed by atoms with Gasteiger partial charge in [-0.05, 0) is 52.1 Å². The molecule has 112 valence electrons. The maximum atomic E-state index is 11.7. The highest BCUT2D eigenvalue weighted by atomic mass is 16.1. The topological polar surface area (TPSA) is 44.4 Å². The predicted molar refractivity (Wildman–Crippen MR) is 80.2 cm³/mol. The van der Waals surface area contributed by atoms with Crippen LogP contribution in [0.1, 0.15) is 47.0 Å². The number of carbonyl (C=O) groups excluding carboxylic acids is 1. The van der Waals surface area contributed by atoms with Gasteiger partial charge in [0.1, 0.15) is 0 Å². The molecule has 1 fully saturated rings. The third-order valence-corrected chi connectivity index (χ3v) is 4.12. The Labute approximate surface area is 118 Å². The van der Waals surface area contributed by atoms with Crippen molar-refractivity contribution in [1.29, 1.82) is 0 Å². The standard InChI is InChI=1S/C15H31N3O/c1-5-14(6-2)17-15(19)10-16-9-13-7-8-18(11-13)12(3)4/h12-14,16H,5-11H2,1-4H3,(H,17,19). The average molecular weight is 269 g/mol. The lowest BCUT2D eigenvalue weighted by molar-refractivity contribution is -0.121. The zero-order chi connectivity index (χ0) is 14.3. The Bertz CT molecular complexity index is 264. The molecular formula is C15H31N3O. The fraction of sp³-hybridized carbons (Fsp3) is 0.933. The lowest BCUT2D eigenvalue weighted by Gasteiger charge is -2.20. The van der Waals surface area contributed by atoms with E-state index in [-0.39, 0.29) is 5.91 Å². The number of nitrogens with one attached hydrogen (secondary N) is 2. The monoisotopic (exact) mass is 269 g/mol. The summed E-state index contributed by atoms with van der Waals surface area (Å²) >= 11 is 0. The van der Waals surface area contributed by atoms with E-state index in [0.717, 1.165) is 19.4 Å². The normalized spacial score (nSPS) is 20.4. The van der Waals surface area contributed by atoms with E-state index < -0.39 is 0 Å². The van der Waals surface area contributed by atoms with E-state index in [2.05, 4.69) is 43.2 Å². The molecule has 1 aliphatic heterocycles. The molecule has 1 rings (SSSR count). The number of amides is 1. The molecule has 2 N–H and O–H groups in total. The summed E-state index contributed by atoms with van der Waals surface area (Å²) in [5, 5.41) is 6.36. The Hall–Kier alpha value is -0.610. The van der Waals surface area contributed by atoms with E-state index >= 15 is 0 Å². The molecule has 0 aromatic heterocycles. The maximum absolute atomic E-state index is 11.7. The molecule has 0 aromatic rings. The summed E-state index contributed by atoms with van der Waals surface area (Å²) in [7, 11) is 0. The van der Waals surface area contributed by atoms with Gasteiger partial charge in [0, 0.05) is 18.6 Å². The second kappa shape index (κ2) is 8.54. The number of rotatable bonds is 8. The van der Waals surface area contributed by atoms with Gasteiger partial charge >= 0.3 is 0 Å². The van der Waals surface area contributed by atoms with Gasteiger partial charge in [-0.15, -0.1) is 0 Å². The first-order valence-corrected chi connectivity index (χ1v) is 7.80. The minimum absolute atomic E-state index is 0.132. The summed E-state index contributed by atoms with van der Waals surface area (Å²) in [4.78, 5) is 14.2. The van der Waals surface area contributed by atoms with Crippen LogP contribution in [0.2, 0.25) is 0 Å². The van der Waals surface area contributed by atoms with Crippen molar-refractivity contribution in [1.82, 2.24) is 15.5 Å². The van der Waals surface area contributed by atoms with Crippen molar-refractivity contribution in [3.63, 3.8) is 0 Å². The highest BCUT2D eigenvalue weighted by molar-refractivity contribution is 5.78. The number of hydrogen-bond donors (Lipinski definition) is 2. The second-order valence-electron chi connectivity index (χ2n) is 5.96. The van der Waals surface area contributed by atoms with Crippen LogP contribution in [0.5, 0.6) is 0 Å². The fourth-order valence-electron chi connectivity index (χ4n) is 2.66. The van der Waals surface area contributed by atoms with Crippen LogP contribution in [0, 0.1) is 5.92 Å². The summed E-state index contributed by atoms with van der Waals surface area (Å²) in [6, 6.07) is 0.973. The SMILES string of the molecule is CCC(CC)NC(=O)CNCC1CCN(C(C)C)C1. The Morgan fingerprint density at radius 3 is 2.53 bits per heavy atom. The zero-order valence-electron chi connectivity index (χ0n) is 13.0. The van der Waals surface area contributed by atoms with Crippen molar-refractivity contribution >= 4 is 5.91 Å². The first-order chi connectivity index (χ1) is 9.06. The minimum Gasteiger partial charge on any atom is -0.352 e. The Morgan fingerprint density at radius 1 is 1.32 bits per heavy atom. The molecule has 1 atom stereocenters. The highest BCUT2D eigenvalue weighted by Crippen LogP contribution is 2.17. The smallest absolute Gasteiger partial charge is 0.234 e. The quantitative estimate of drug-likeness (QED) is 0.704. The molecule has 1 unspecified atom stereocenters. The molecule has 1 amide bonds. The van der Waals surface area contributed by atoms with Gasteiger partial charge in [0.2, 0.25) is 5.91 Å². The molecule has 0 aromatic carbocycles. The molecule has 19 heavy (non-hydrogen) atoms. The van der Waals surface area contributed by atoms with Gasteiger partial charge in [-0.25, -0.2) is 0 Å². The van der Waals surface area contributed by atoms with E-state index in [1.54, 1.807) is 0 Å². The van der Waals surface area contributed by atoms with Gasteiger partial charge in [-0.1, -0.05) is 13.8 Å². The van der Waals surface area contributed by atoms with Gasteiger partial charge in [-0.2, -0.15) is 0 Å². The first-order valence-electron chi connectivity index (χ1n) is 7.80. The van der Waals surface area contributed by atoms with Gasteiger partial charge in [-0.3, -0.25) is 4.79 Å². The van der Waals surface area contributed by atoms with Crippen LogP contribution >= 0.6 is 0 Å². The van der Waals surface area contributed by atoms with Crippen molar-refractivity contribution in [3.8, 4) is 0 Å². The third-order valence-electron chi connectivity index (χ3n) is 4.12. The van der Waals surface area contributed by atoms with Crippen molar-refractivity contribution in [2.24, 2.45) is 5.92 Å². The molecule has 0 spiro atoms. The van der Waals surface area contributed by atoms with E-state index in [1.807, 2.05) is 0 Å². The van der Waals surface area contributed by atoms with Crippen LogP contribution in [0.3, 0.4) is 0 Å². The first kappa shape index (κ1) is 16.4. The van der Waals surface area contributed by atoms with Crippen LogP contribution < -0.4 is 10.6 Å². The molecule has 4 nitrogen and oxygen atoms in total.